The van der Waals surface area contributed by atoms with Crippen LogP contribution in [0, 0.1) is 17.8 Å². The van der Waals surface area contributed by atoms with Crippen LogP contribution in [-0.2, 0) is 16.4 Å². The van der Waals surface area contributed by atoms with Crippen molar-refractivity contribution in [3.63, 3.8) is 0 Å². The fourth-order valence-electron chi connectivity index (χ4n) is 4.36. The quantitative estimate of drug-likeness (QED) is 0.734. The van der Waals surface area contributed by atoms with Crippen molar-refractivity contribution in [3.8, 4) is 0 Å². The molecule has 0 spiro atoms. The molecule has 0 unspecified atom stereocenters. The first-order valence-electron chi connectivity index (χ1n) is 10.7. The predicted octanol–water partition coefficient (Wildman–Crippen LogP) is 4.02. The highest BCUT2D eigenvalue weighted by molar-refractivity contribution is 7.89. The molecule has 1 aromatic carbocycles. The zero-order valence-electron chi connectivity index (χ0n) is 17.2. The van der Waals surface area contributed by atoms with Crippen molar-refractivity contribution in [2.45, 2.75) is 57.8 Å². The Balaban J connectivity index is 1.53. The molecule has 4 nitrogen and oxygen atoms in total. The summed E-state index contributed by atoms with van der Waals surface area (Å²) in [6.07, 6.45) is 5.56. The Morgan fingerprint density at radius 3 is 2.11 bits per heavy atom. The zero-order valence-corrected chi connectivity index (χ0v) is 18.0. The number of hydrogen-bond acceptors (Lipinski definition) is 3. The number of likely N-dealkylation sites (tertiary alicyclic amines) is 1. The molecule has 2 aliphatic rings. The zero-order chi connectivity index (χ0) is 19.4. The monoisotopic (exact) mass is 392 g/mol. The average molecular weight is 393 g/mol. The topological polar surface area (TPSA) is 40.6 Å². The molecule has 0 aliphatic carbocycles. The Hall–Kier alpha value is -0.910. The van der Waals surface area contributed by atoms with Crippen LogP contribution in [0.3, 0.4) is 0 Å². The fraction of sp³-hybridized carbons (Fsp3) is 0.727. The number of benzene rings is 1. The van der Waals surface area contributed by atoms with E-state index in [2.05, 4.69) is 25.7 Å². The van der Waals surface area contributed by atoms with Crippen molar-refractivity contribution in [1.82, 2.24) is 9.21 Å². The summed E-state index contributed by atoms with van der Waals surface area (Å²) in [5, 5.41) is 0. The Morgan fingerprint density at radius 2 is 1.56 bits per heavy atom. The van der Waals surface area contributed by atoms with Crippen LogP contribution in [0.15, 0.2) is 29.2 Å². The van der Waals surface area contributed by atoms with E-state index in [1.54, 1.807) is 16.4 Å². The van der Waals surface area contributed by atoms with Gasteiger partial charge in [0.05, 0.1) is 4.90 Å². The van der Waals surface area contributed by atoms with Gasteiger partial charge in [0.2, 0.25) is 10.0 Å². The van der Waals surface area contributed by atoms with E-state index >= 15 is 0 Å². The average Bonchev–Trinajstić information content (AvgIpc) is 2.64. The molecule has 27 heavy (non-hydrogen) atoms. The highest BCUT2D eigenvalue weighted by Gasteiger charge is 2.30. The molecular formula is C22H36N2O2S. The maximum Gasteiger partial charge on any atom is 0.243 e. The third kappa shape index (κ3) is 5.55. The second-order valence-corrected chi connectivity index (χ2v) is 11.0. The molecule has 2 saturated heterocycles. The number of hydrogen-bond donors (Lipinski definition) is 0. The maximum absolute atomic E-state index is 13.0. The van der Waals surface area contributed by atoms with Gasteiger partial charge in [-0.25, -0.2) is 8.42 Å². The molecule has 1 aromatic rings. The highest BCUT2D eigenvalue weighted by Crippen LogP contribution is 2.26. The molecule has 0 radical (unpaired) electrons. The van der Waals surface area contributed by atoms with Crippen LogP contribution in [0.4, 0.5) is 0 Å². The largest absolute Gasteiger partial charge is 0.303 e. The molecule has 2 fully saturated rings. The predicted molar refractivity (Wildman–Crippen MR) is 111 cm³/mol. The number of rotatable bonds is 6. The first-order chi connectivity index (χ1) is 12.8. The van der Waals surface area contributed by atoms with Gasteiger partial charge >= 0.3 is 0 Å². The third-order valence-electron chi connectivity index (χ3n) is 6.17. The summed E-state index contributed by atoms with van der Waals surface area (Å²) < 4.78 is 27.6. The van der Waals surface area contributed by atoms with Crippen molar-refractivity contribution in [2.24, 2.45) is 17.8 Å². The summed E-state index contributed by atoms with van der Waals surface area (Å²) in [5.74, 6) is 2.08. The van der Waals surface area contributed by atoms with Gasteiger partial charge in [-0.2, -0.15) is 4.31 Å². The summed E-state index contributed by atoms with van der Waals surface area (Å²) in [6, 6.07) is 7.51. The number of nitrogens with zero attached hydrogens (tertiary/aromatic N) is 2. The maximum atomic E-state index is 13.0. The van der Waals surface area contributed by atoms with E-state index in [-0.39, 0.29) is 0 Å². The molecule has 0 atom stereocenters. The lowest BCUT2D eigenvalue weighted by Crippen LogP contribution is -2.43. The molecule has 5 heteroatoms. The molecule has 2 heterocycles. The second-order valence-electron chi connectivity index (χ2n) is 9.07. The van der Waals surface area contributed by atoms with Crippen LogP contribution in [0.5, 0.6) is 0 Å². The lowest BCUT2D eigenvalue weighted by Gasteiger charge is -2.36. The van der Waals surface area contributed by atoms with Crippen molar-refractivity contribution < 1.29 is 8.42 Å². The molecule has 0 aromatic heterocycles. The molecule has 0 amide bonds. The van der Waals surface area contributed by atoms with E-state index in [1.165, 1.54) is 31.5 Å². The van der Waals surface area contributed by atoms with E-state index in [4.69, 9.17) is 0 Å². The van der Waals surface area contributed by atoms with Gasteiger partial charge < -0.3 is 4.90 Å². The van der Waals surface area contributed by atoms with Gasteiger partial charge in [0.15, 0.2) is 0 Å². The van der Waals surface area contributed by atoms with Crippen molar-refractivity contribution >= 4 is 10.0 Å². The van der Waals surface area contributed by atoms with Crippen LogP contribution >= 0.6 is 0 Å². The van der Waals surface area contributed by atoms with Crippen LogP contribution in [0.1, 0.15) is 52.0 Å². The smallest absolute Gasteiger partial charge is 0.243 e. The van der Waals surface area contributed by atoms with E-state index in [0.29, 0.717) is 29.8 Å². The van der Waals surface area contributed by atoms with Crippen LogP contribution in [-0.4, -0.2) is 50.3 Å². The fourth-order valence-corrected chi connectivity index (χ4v) is 5.83. The minimum atomic E-state index is -3.35. The van der Waals surface area contributed by atoms with Gasteiger partial charge in [0, 0.05) is 19.6 Å². The van der Waals surface area contributed by atoms with Crippen LogP contribution in [0.25, 0.3) is 0 Å². The van der Waals surface area contributed by atoms with E-state index in [1.807, 2.05) is 12.1 Å². The molecule has 0 saturated carbocycles. The number of piperidine rings is 2. The SMILES string of the molecule is CC(C)Cc1ccc(S(=O)(=O)N2CCC(CN3CCC(C)CC3)CC2)cc1. The lowest BCUT2D eigenvalue weighted by molar-refractivity contribution is 0.142. The van der Waals surface area contributed by atoms with Crippen LogP contribution in [0.2, 0.25) is 0 Å². The molecule has 152 valence electrons. The summed E-state index contributed by atoms with van der Waals surface area (Å²) in [7, 11) is -3.35. The second kappa shape index (κ2) is 9.06. The minimum absolute atomic E-state index is 0.443. The van der Waals surface area contributed by atoms with Crippen LogP contribution < -0.4 is 0 Å². The third-order valence-corrected chi connectivity index (χ3v) is 8.08. The molecule has 2 aliphatic heterocycles. The summed E-state index contributed by atoms with van der Waals surface area (Å²) >= 11 is 0. The lowest BCUT2D eigenvalue weighted by atomic mass is 9.94. The van der Waals surface area contributed by atoms with Gasteiger partial charge in [-0.1, -0.05) is 32.9 Å². The first-order valence-corrected chi connectivity index (χ1v) is 12.1. The van der Waals surface area contributed by atoms with E-state index in [9.17, 15) is 8.42 Å². The molecular weight excluding hydrogens is 356 g/mol. The first kappa shape index (κ1) is 20.8. The Morgan fingerprint density at radius 1 is 0.963 bits per heavy atom. The standard InChI is InChI=1S/C22H36N2O2S/c1-18(2)16-20-4-6-22(7-5-20)27(25,26)24-14-10-21(11-15-24)17-23-12-8-19(3)9-13-23/h4-7,18-19,21H,8-17H2,1-3H3. The Labute approximate surface area is 166 Å². The Kier molecular flexibility index (Phi) is 6.98. The van der Waals surface area contributed by atoms with Gasteiger partial charge in [-0.3, -0.25) is 0 Å². The van der Waals surface area contributed by atoms with E-state index in [0.717, 1.165) is 31.7 Å². The van der Waals surface area contributed by atoms with Gasteiger partial charge in [0.25, 0.3) is 0 Å². The van der Waals surface area contributed by atoms with Crippen molar-refractivity contribution in [3.05, 3.63) is 29.8 Å². The highest BCUT2D eigenvalue weighted by atomic mass is 32.2. The summed E-state index contributed by atoms with van der Waals surface area (Å²) in [6.45, 7) is 11.6. The normalized spacial score (nSPS) is 21.8. The summed E-state index contributed by atoms with van der Waals surface area (Å²) in [4.78, 5) is 3.03. The number of sulfonamides is 1. The molecule has 3 rings (SSSR count). The Bertz CT molecular complexity index is 684. The summed E-state index contributed by atoms with van der Waals surface area (Å²) in [5.41, 5.74) is 1.21. The minimum Gasteiger partial charge on any atom is -0.303 e. The van der Waals surface area contributed by atoms with Gasteiger partial charge in [0.1, 0.15) is 0 Å². The molecule has 0 N–H and O–H groups in total. The van der Waals surface area contributed by atoms with Gasteiger partial charge in [-0.05, 0) is 80.6 Å². The van der Waals surface area contributed by atoms with Crippen molar-refractivity contribution in [2.75, 3.05) is 32.7 Å². The van der Waals surface area contributed by atoms with E-state index < -0.39 is 10.0 Å². The molecule has 0 bridgehead atoms. The van der Waals surface area contributed by atoms with Gasteiger partial charge in [-0.15, -0.1) is 0 Å². The van der Waals surface area contributed by atoms with Crippen molar-refractivity contribution in [1.29, 1.82) is 0 Å².